The van der Waals surface area contributed by atoms with Crippen molar-refractivity contribution in [2.75, 3.05) is 53.0 Å². The van der Waals surface area contributed by atoms with Crippen LogP contribution in [0.5, 0.6) is 23.0 Å². The van der Waals surface area contributed by atoms with Crippen molar-refractivity contribution in [1.29, 1.82) is 0 Å². The quantitative estimate of drug-likeness (QED) is 0.164. The number of aromatic hydroxyl groups is 1. The van der Waals surface area contributed by atoms with Gasteiger partial charge >= 0.3 is 11.9 Å². The molecule has 0 aliphatic carbocycles. The standard InChI is InChI=1S/C34H38N2O5S.C2H2O4/c1-39-31-22-24(6-13-30(31)41-20-18-36-16-4-5-33(36)38)21-29-28-12-9-26(37)23-32(28)42-34(29)25-7-10-27(11-8-25)40-19-17-35-14-2-3-15-35;3-1(4)2(5)6/h6-13,22-23,37H,2-5,14-21H2,1H3;(H,3,4)(H,5,6). The van der Waals surface area contributed by atoms with Crippen molar-refractivity contribution < 1.29 is 43.9 Å². The molecule has 3 aromatic carbocycles. The molecule has 4 aromatic rings. The van der Waals surface area contributed by atoms with E-state index in [0.29, 0.717) is 44.1 Å². The Morgan fingerprint density at radius 2 is 1.56 bits per heavy atom. The van der Waals surface area contributed by atoms with Crippen LogP contribution in [0.1, 0.15) is 36.8 Å². The molecule has 3 heterocycles. The van der Waals surface area contributed by atoms with Gasteiger partial charge < -0.3 is 34.4 Å². The number of benzene rings is 3. The first-order valence-corrected chi connectivity index (χ1v) is 16.8. The fourth-order valence-corrected chi connectivity index (χ4v) is 7.16. The molecule has 1 aromatic heterocycles. The highest BCUT2D eigenvalue weighted by atomic mass is 32.1. The number of methoxy groups -OCH3 is 1. The van der Waals surface area contributed by atoms with Gasteiger partial charge in [-0.25, -0.2) is 9.59 Å². The number of fused-ring (bicyclic) bond motifs is 1. The van der Waals surface area contributed by atoms with Gasteiger partial charge in [0.15, 0.2) is 11.5 Å². The lowest BCUT2D eigenvalue weighted by atomic mass is 9.98. The minimum atomic E-state index is -1.82. The third-order valence-electron chi connectivity index (χ3n) is 8.35. The summed E-state index contributed by atoms with van der Waals surface area (Å²) in [5, 5.41) is 26.1. The van der Waals surface area contributed by atoms with Crippen LogP contribution in [0.25, 0.3) is 20.5 Å². The number of hydrogen-bond donors (Lipinski definition) is 3. The second kappa shape index (κ2) is 16.3. The number of phenolic OH excluding ortho intramolecular Hbond substituents is 1. The molecule has 0 bridgehead atoms. The molecule has 0 atom stereocenters. The molecule has 0 unspecified atom stereocenters. The fraction of sp³-hybridized carbons (Fsp3) is 0.361. The molecule has 1 amide bonds. The number of carbonyl (C=O) groups excluding carboxylic acids is 1. The number of hydrogen-bond acceptors (Lipinski definition) is 9. The molecule has 11 nitrogen and oxygen atoms in total. The van der Waals surface area contributed by atoms with Crippen molar-refractivity contribution >= 4 is 39.3 Å². The number of thiophene rings is 1. The van der Waals surface area contributed by atoms with E-state index in [1.165, 1.54) is 36.4 Å². The van der Waals surface area contributed by atoms with Crippen molar-refractivity contribution in [3.8, 4) is 33.4 Å². The maximum atomic E-state index is 11.9. The molecular weight excluding hydrogens is 636 g/mol. The summed E-state index contributed by atoms with van der Waals surface area (Å²) in [6, 6.07) is 20.0. The van der Waals surface area contributed by atoms with Gasteiger partial charge in [0.2, 0.25) is 5.91 Å². The van der Waals surface area contributed by atoms with Crippen molar-refractivity contribution in [3.63, 3.8) is 0 Å². The Labute approximate surface area is 282 Å². The lowest BCUT2D eigenvalue weighted by Crippen LogP contribution is -2.29. The third-order valence-corrected chi connectivity index (χ3v) is 9.59. The number of aliphatic carboxylic acids is 2. The van der Waals surface area contributed by atoms with Gasteiger partial charge in [-0.3, -0.25) is 9.69 Å². The van der Waals surface area contributed by atoms with Crippen molar-refractivity contribution in [1.82, 2.24) is 9.80 Å². The molecule has 2 saturated heterocycles. The Hall–Kier alpha value is -4.81. The van der Waals surface area contributed by atoms with Gasteiger partial charge in [0.05, 0.1) is 13.7 Å². The number of ether oxygens (including phenoxy) is 3. The lowest BCUT2D eigenvalue weighted by Gasteiger charge is -2.17. The second-order valence-electron chi connectivity index (χ2n) is 11.6. The molecule has 0 spiro atoms. The van der Waals surface area contributed by atoms with Gasteiger partial charge in [-0.15, -0.1) is 11.3 Å². The number of carbonyl (C=O) groups is 3. The van der Waals surface area contributed by atoms with Crippen molar-refractivity contribution in [2.45, 2.75) is 32.1 Å². The van der Waals surface area contributed by atoms with E-state index in [9.17, 15) is 9.90 Å². The predicted octanol–water partition coefficient (Wildman–Crippen LogP) is 5.50. The van der Waals surface area contributed by atoms with E-state index in [2.05, 4.69) is 35.2 Å². The minimum absolute atomic E-state index is 0.202. The van der Waals surface area contributed by atoms with Crippen LogP contribution in [0.15, 0.2) is 60.7 Å². The maximum Gasteiger partial charge on any atom is 0.414 e. The zero-order chi connectivity index (χ0) is 34.0. The zero-order valence-electron chi connectivity index (χ0n) is 26.9. The van der Waals surface area contributed by atoms with Crippen LogP contribution in [-0.4, -0.2) is 96.0 Å². The summed E-state index contributed by atoms with van der Waals surface area (Å²) >= 11 is 1.69. The van der Waals surface area contributed by atoms with E-state index in [4.69, 9.17) is 34.0 Å². The maximum absolute atomic E-state index is 11.9. The van der Waals surface area contributed by atoms with E-state index in [1.807, 2.05) is 29.2 Å². The molecular formula is C36H40N2O9S. The first-order valence-electron chi connectivity index (χ1n) is 16.0. The number of phenols is 1. The van der Waals surface area contributed by atoms with Gasteiger partial charge in [-0.05, 0) is 115 Å². The molecule has 6 rings (SSSR count). The molecule has 48 heavy (non-hydrogen) atoms. The highest BCUT2D eigenvalue weighted by Crippen LogP contribution is 2.42. The smallest absolute Gasteiger partial charge is 0.414 e. The first-order chi connectivity index (χ1) is 23.2. The average molecular weight is 677 g/mol. The van der Waals surface area contributed by atoms with E-state index in [1.54, 1.807) is 24.5 Å². The van der Waals surface area contributed by atoms with E-state index >= 15 is 0 Å². The van der Waals surface area contributed by atoms with E-state index in [0.717, 1.165) is 46.5 Å². The van der Waals surface area contributed by atoms with Gasteiger partial charge in [-0.1, -0.05) is 6.07 Å². The number of carboxylic acids is 2. The summed E-state index contributed by atoms with van der Waals surface area (Å²) in [4.78, 5) is 35.6. The van der Waals surface area contributed by atoms with Gasteiger partial charge in [0, 0.05) is 29.1 Å². The normalized spacial score (nSPS) is 14.5. The van der Waals surface area contributed by atoms with Crippen molar-refractivity contribution in [2.24, 2.45) is 0 Å². The lowest BCUT2D eigenvalue weighted by molar-refractivity contribution is -0.159. The molecule has 254 valence electrons. The van der Waals surface area contributed by atoms with Crippen LogP contribution in [0.4, 0.5) is 0 Å². The predicted molar refractivity (Wildman–Crippen MR) is 182 cm³/mol. The fourth-order valence-electron chi connectivity index (χ4n) is 5.90. The van der Waals surface area contributed by atoms with E-state index in [-0.39, 0.29) is 11.7 Å². The Morgan fingerprint density at radius 3 is 2.23 bits per heavy atom. The van der Waals surface area contributed by atoms with Gasteiger partial charge in [0.25, 0.3) is 0 Å². The third kappa shape index (κ3) is 8.96. The summed E-state index contributed by atoms with van der Waals surface area (Å²) in [6.45, 7) is 5.85. The summed E-state index contributed by atoms with van der Waals surface area (Å²) in [5.41, 5.74) is 3.44. The van der Waals surface area contributed by atoms with Crippen LogP contribution in [0.3, 0.4) is 0 Å². The number of carboxylic acid groups (broad SMARTS) is 2. The van der Waals surface area contributed by atoms with Gasteiger partial charge in [-0.2, -0.15) is 0 Å². The molecule has 2 fully saturated rings. The molecule has 3 N–H and O–H groups in total. The largest absolute Gasteiger partial charge is 0.508 e. The minimum Gasteiger partial charge on any atom is -0.508 e. The number of rotatable bonds is 12. The molecule has 2 aliphatic heterocycles. The first kappa shape index (κ1) is 34.5. The number of likely N-dealkylation sites (tertiary alicyclic amines) is 2. The average Bonchev–Trinajstić information content (AvgIpc) is 3.83. The van der Waals surface area contributed by atoms with E-state index < -0.39 is 11.9 Å². The Bertz CT molecular complexity index is 1720. The van der Waals surface area contributed by atoms with Crippen LogP contribution < -0.4 is 14.2 Å². The number of nitrogens with zero attached hydrogens (tertiary/aromatic N) is 2. The monoisotopic (exact) mass is 676 g/mol. The summed E-state index contributed by atoms with van der Waals surface area (Å²) < 4.78 is 18.8. The van der Waals surface area contributed by atoms with Crippen molar-refractivity contribution in [3.05, 3.63) is 71.8 Å². The summed E-state index contributed by atoms with van der Waals surface area (Å²) in [7, 11) is 1.65. The highest BCUT2D eigenvalue weighted by molar-refractivity contribution is 7.22. The zero-order valence-corrected chi connectivity index (χ0v) is 27.7. The topological polar surface area (TPSA) is 146 Å². The van der Waals surface area contributed by atoms with Crippen LogP contribution in [-0.2, 0) is 20.8 Å². The van der Waals surface area contributed by atoms with Gasteiger partial charge in [0.1, 0.15) is 24.7 Å². The number of amides is 1. The molecule has 12 heteroatoms. The van der Waals surface area contributed by atoms with Crippen LogP contribution in [0.2, 0.25) is 0 Å². The Kier molecular flexibility index (Phi) is 11.8. The summed E-state index contributed by atoms with van der Waals surface area (Å²) in [5.74, 6) is -0.948. The highest BCUT2D eigenvalue weighted by Gasteiger charge is 2.20. The van der Waals surface area contributed by atoms with Crippen LogP contribution >= 0.6 is 11.3 Å². The molecule has 0 saturated carbocycles. The second-order valence-corrected chi connectivity index (χ2v) is 12.7. The Balaban J connectivity index is 0.000000689. The summed E-state index contributed by atoms with van der Waals surface area (Å²) in [6.07, 6.45) is 4.83. The molecule has 0 radical (unpaired) electrons. The molecule has 2 aliphatic rings. The Morgan fingerprint density at radius 1 is 0.833 bits per heavy atom. The SMILES string of the molecule is COc1cc(Cc2c(-c3ccc(OCCN4CCCC4)cc3)sc3cc(O)ccc23)ccc1OCCN1CCCC1=O.O=C(O)C(=O)O. The van der Waals surface area contributed by atoms with Crippen LogP contribution in [0, 0.1) is 0 Å².